The number of aliphatic hydroxyl groups is 1. The van der Waals surface area contributed by atoms with E-state index in [0.29, 0.717) is 25.1 Å². The van der Waals surface area contributed by atoms with Crippen LogP contribution in [0.2, 0.25) is 0 Å². The van der Waals surface area contributed by atoms with Crippen molar-refractivity contribution in [2.24, 2.45) is 0 Å². The molecule has 1 aromatic heterocycles. The van der Waals surface area contributed by atoms with E-state index in [-0.39, 0.29) is 22.8 Å². The first-order chi connectivity index (χ1) is 11.6. The molecule has 1 heterocycles. The maximum atomic E-state index is 12.8. The summed E-state index contributed by atoms with van der Waals surface area (Å²) >= 11 is 0. The third-order valence-corrected chi connectivity index (χ3v) is 3.60. The van der Waals surface area contributed by atoms with Gasteiger partial charge in [-0.3, -0.25) is 0 Å². The van der Waals surface area contributed by atoms with Crippen molar-refractivity contribution in [2.45, 2.75) is 19.6 Å². The average Bonchev–Trinajstić information content (AvgIpc) is 2.59. The van der Waals surface area contributed by atoms with Gasteiger partial charge in [-0.15, -0.1) is 0 Å². The summed E-state index contributed by atoms with van der Waals surface area (Å²) in [5, 5.41) is 22.6. The molecule has 0 amide bonds. The van der Waals surface area contributed by atoms with Crippen molar-refractivity contribution in [3.63, 3.8) is 0 Å². The number of hydrogen-bond acceptors (Lipinski definition) is 6. The van der Waals surface area contributed by atoms with Crippen LogP contribution >= 0.6 is 0 Å². The van der Waals surface area contributed by atoms with Gasteiger partial charge in [-0.1, -0.05) is 12.1 Å². The zero-order chi connectivity index (χ0) is 17.5. The molecule has 0 aliphatic heterocycles. The summed E-state index contributed by atoms with van der Waals surface area (Å²) in [4.78, 5) is 15.4. The number of esters is 1. The highest BCUT2D eigenvalue weighted by atomic mass is 19.1. The Hall–Kier alpha value is -2.51. The fourth-order valence-corrected chi connectivity index (χ4v) is 2.26. The molecular formula is C17H19FN2O4. The average molecular weight is 334 g/mol. The molecule has 0 radical (unpaired) electrons. The minimum absolute atomic E-state index is 0.225. The maximum Gasteiger partial charge on any atom is 0.360 e. The quantitative estimate of drug-likeness (QED) is 0.525. The number of hydrogen-bond donors (Lipinski definition) is 3. The molecule has 2 rings (SSSR count). The fourth-order valence-electron chi connectivity index (χ4n) is 2.26. The van der Waals surface area contributed by atoms with Gasteiger partial charge in [0.05, 0.1) is 13.7 Å². The molecular weight excluding hydrogens is 315 g/mol. The highest BCUT2D eigenvalue weighted by Gasteiger charge is 2.19. The Morgan fingerprint density at radius 3 is 2.67 bits per heavy atom. The van der Waals surface area contributed by atoms with E-state index in [0.717, 1.165) is 5.56 Å². The first-order valence-electron chi connectivity index (χ1n) is 7.40. The molecule has 0 spiro atoms. The Labute approximate surface area is 138 Å². The lowest BCUT2D eigenvalue weighted by Crippen LogP contribution is -2.19. The number of nitrogens with one attached hydrogen (secondary N) is 1. The number of pyridine rings is 1. The van der Waals surface area contributed by atoms with Crippen LogP contribution in [0.3, 0.4) is 0 Å². The van der Waals surface area contributed by atoms with Gasteiger partial charge in [0.25, 0.3) is 0 Å². The van der Waals surface area contributed by atoms with Gasteiger partial charge in [-0.2, -0.15) is 0 Å². The van der Waals surface area contributed by atoms with Gasteiger partial charge in [0.15, 0.2) is 11.4 Å². The summed E-state index contributed by atoms with van der Waals surface area (Å²) in [6, 6.07) is 6.25. The molecule has 0 saturated heterocycles. The summed E-state index contributed by atoms with van der Waals surface area (Å²) < 4.78 is 17.4. The minimum atomic E-state index is -0.766. The van der Waals surface area contributed by atoms with Gasteiger partial charge < -0.3 is 20.3 Å². The Morgan fingerprint density at radius 1 is 1.33 bits per heavy atom. The summed E-state index contributed by atoms with van der Waals surface area (Å²) in [5.41, 5.74) is 1.59. The van der Waals surface area contributed by atoms with E-state index in [1.807, 2.05) is 0 Å². The zero-order valence-corrected chi connectivity index (χ0v) is 13.3. The molecule has 0 aliphatic rings. The predicted molar refractivity (Wildman–Crippen MR) is 85.0 cm³/mol. The second kappa shape index (κ2) is 8.37. The summed E-state index contributed by atoms with van der Waals surface area (Å²) in [5.74, 6) is -1.41. The van der Waals surface area contributed by atoms with E-state index in [1.165, 1.54) is 25.4 Å². The number of halogens is 1. The summed E-state index contributed by atoms with van der Waals surface area (Å²) in [7, 11) is 1.19. The SMILES string of the molecule is COC(=O)c1ncc(CNCCc2ccc(F)cc2)c(CO)c1O. The standard InChI is InChI=1S/C17H19FN2O4/c1-24-17(23)15-16(22)14(10-21)12(9-20-15)8-19-7-6-11-2-4-13(18)5-3-11/h2-5,9,19,21-22H,6-8,10H2,1H3. The second-order valence-electron chi connectivity index (χ2n) is 5.16. The van der Waals surface area contributed by atoms with Crippen LogP contribution in [-0.4, -0.2) is 34.8 Å². The van der Waals surface area contributed by atoms with Crippen LogP contribution in [0.5, 0.6) is 5.75 Å². The molecule has 0 aliphatic carbocycles. The lowest BCUT2D eigenvalue weighted by atomic mass is 10.1. The van der Waals surface area contributed by atoms with Crippen LogP contribution in [0.1, 0.15) is 27.2 Å². The first-order valence-corrected chi connectivity index (χ1v) is 7.40. The number of ether oxygens (including phenoxy) is 1. The van der Waals surface area contributed by atoms with Gasteiger partial charge in [0, 0.05) is 18.3 Å². The van der Waals surface area contributed by atoms with E-state index >= 15 is 0 Å². The monoisotopic (exact) mass is 334 g/mol. The number of methoxy groups -OCH3 is 1. The van der Waals surface area contributed by atoms with Crippen molar-refractivity contribution in [3.8, 4) is 5.75 Å². The number of rotatable bonds is 7. The highest BCUT2D eigenvalue weighted by molar-refractivity contribution is 5.90. The highest BCUT2D eigenvalue weighted by Crippen LogP contribution is 2.24. The Balaban J connectivity index is 1.98. The Kier molecular flexibility index (Phi) is 6.22. The molecule has 6 nitrogen and oxygen atoms in total. The molecule has 0 saturated carbocycles. The van der Waals surface area contributed by atoms with Gasteiger partial charge in [0.2, 0.25) is 0 Å². The molecule has 0 fully saturated rings. The van der Waals surface area contributed by atoms with Gasteiger partial charge in [0.1, 0.15) is 5.82 Å². The van der Waals surface area contributed by atoms with Crippen LogP contribution < -0.4 is 5.32 Å². The molecule has 3 N–H and O–H groups in total. The largest absolute Gasteiger partial charge is 0.505 e. The van der Waals surface area contributed by atoms with Gasteiger partial charge >= 0.3 is 5.97 Å². The van der Waals surface area contributed by atoms with E-state index in [9.17, 15) is 19.4 Å². The van der Waals surface area contributed by atoms with Crippen molar-refractivity contribution < 1.29 is 24.1 Å². The molecule has 128 valence electrons. The van der Waals surface area contributed by atoms with E-state index in [4.69, 9.17) is 0 Å². The number of benzene rings is 1. The maximum absolute atomic E-state index is 12.8. The Bertz CT molecular complexity index is 704. The summed E-state index contributed by atoms with van der Waals surface area (Å²) in [6.07, 6.45) is 2.12. The molecule has 0 unspecified atom stereocenters. The minimum Gasteiger partial charge on any atom is -0.505 e. The fraction of sp³-hybridized carbons (Fsp3) is 0.294. The summed E-state index contributed by atoms with van der Waals surface area (Å²) in [6.45, 7) is 0.558. The number of aromatic hydroxyl groups is 1. The molecule has 7 heteroatoms. The number of carbonyl (C=O) groups is 1. The van der Waals surface area contributed by atoms with Crippen LogP contribution in [0.25, 0.3) is 0 Å². The predicted octanol–water partition coefficient (Wildman–Crippen LogP) is 1.54. The van der Waals surface area contributed by atoms with Crippen LogP contribution in [0.15, 0.2) is 30.5 Å². The molecule has 1 aromatic carbocycles. The number of aliphatic hydroxyl groups excluding tert-OH is 1. The van der Waals surface area contributed by atoms with Crippen molar-refractivity contribution in [3.05, 3.63) is 58.7 Å². The number of aromatic nitrogens is 1. The third-order valence-electron chi connectivity index (χ3n) is 3.60. The molecule has 2 aromatic rings. The Morgan fingerprint density at radius 2 is 2.04 bits per heavy atom. The van der Waals surface area contributed by atoms with E-state index < -0.39 is 12.6 Å². The molecule has 0 atom stereocenters. The normalized spacial score (nSPS) is 10.6. The zero-order valence-electron chi connectivity index (χ0n) is 13.3. The third kappa shape index (κ3) is 4.27. The lowest BCUT2D eigenvalue weighted by Gasteiger charge is -2.12. The van der Waals surface area contributed by atoms with Gasteiger partial charge in [-0.05, 0) is 36.2 Å². The van der Waals surface area contributed by atoms with Crippen molar-refractivity contribution in [1.82, 2.24) is 10.3 Å². The van der Waals surface area contributed by atoms with Crippen LogP contribution in [-0.2, 0) is 24.3 Å². The van der Waals surface area contributed by atoms with E-state index in [1.54, 1.807) is 12.1 Å². The number of nitrogens with zero attached hydrogens (tertiary/aromatic N) is 1. The smallest absolute Gasteiger partial charge is 0.360 e. The van der Waals surface area contributed by atoms with Crippen LogP contribution in [0, 0.1) is 5.82 Å². The van der Waals surface area contributed by atoms with Gasteiger partial charge in [-0.25, -0.2) is 14.2 Å². The molecule has 24 heavy (non-hydrogen) atoms. The second-order valence-corrected chi connectivity index (χ2v) is 5.16. The van der Waals surface area contributed by atoms with Crippen molar-refractivity contribution in [1.29, 1.82) is 0 Å². The molecule has 0 bridgehead atoms. The van der Waals surface area contributed by atoms with Crippen molar-refractivity contribution in [2.75, 3.05) is 13.7 Å². The van der Waals surface area contributed by atoms with Crippen LogP contribution in [0.4, 0.5) is 4.39 Å². The topological polar surface area (TPSA) is 91.7 Å². The van der Waals surface area contributed by atoms with Crippen molar-refractivity contribution >= 4 is 5.97 Å². The first kappa shape index (κ1) is 17.8. The lowest BCUT2D eigenvalue weighted by molar-refractivity contribution is 0.0590. The number of carbonyl (C=O) groups excluding carboxylic acids is 1. The van der Waals surface area contributed by atoms with E-state index in [2.05, 4.69) is 15.0 Å².